The maximum atomic E-state index is 2.41. The molecule has 1 heterocycles. The van der Waals surface area contributed by atoms with Crippen LogP contribution in [-0.4, -0.2) is 0 Å². The van der Waals surface area contributed by atoms with E-state index in [0.29, 0.717) is 0 Å². The fraction of sp³-hybridized carbons (Fsp3) is 0.706. The van der Waals surface area contributed by atoms with Gasteiger partial charge in [0.1, 0.15) is 6.54 Å². The average Bonchev–Trinajstić information content (AvgIpc) is 2.42. The van der Waals surface area contributed by atoms with Crippen molar-refractivity contribution >= 4 is 0 Å². The van der Waals surface area contributed by atoms with Crippen LogP contribution in [0.2, 0.25) is 0 Å². The van der Waals surface area contributed by atoms with E-state index in [1.165, 1.54) is 63.6 Å². The molecule has 0 saturated heterocycles. The highest BCUT2D eigenvalue weighted by Crippen LogP contribution is 2.08. The second-order valence-electron chi connectivity index (χ2n) is 5.21. The maximum absolute atomic E-state index is 2.41. The van der Waals surface area contributed by atoms with Crippen LogP contribution in [0.15, 0.2) is 24.4 Å². The van der Waals surface area contributed by atoms with E-state index in [-0.39, 0.29) is 0 Å². The lowest BCUT2D eigenvalue weighted by Crippen LogP contribution is -2.37. The summed E-state index contributed by atoms with van der Waals surface area (Å²) in [5, 5.41) is 0. The Morgan fingerprint density at radius 1 is 0.833 bits per heavy atom. The minimum Gasteiger partial charge on any atom is -0.202 e. The molecule has 0 unspecified atom stereocenters. The van der Waals surface area contributed by atoms with E-state index in [2.05, 4.69) is 42.8 Å². The van der Waals surface area contributed by atoms with Gasteiger partial charge in [-0.15, -0.1) is 0 Å². The lowest BCUT2D eigenvalue weighted by molar-refractivity contribution is -0.704. The molecule has 0 saturated carbocycles. The molecule has 0 fully saturated rings. The minimum absolute atomic E-state index is 1.14. The highest BCUT2D eigenvalue weighted by atomic mass is 14.9. The molecule has 1 aromatic rings. The summed E-state index contributed by atoms with van der Waals surface area (Å²) in [6.45, 7) is 5.71. The van der Waals surface area contributed by atoms with Gasteiger partial charge in [-0.1, -0.05) is 58.4 Å². The van der Waals surface area contributed by atoms with E-state index in [1.807, 2.05) is 0 Å². The zero-order valence-electron chi connectivity index (χ0n) is 12.3. The molecule has 102 valence electrons. The molecule has 18 heavy (non-hydrogen) atoms. The van der Waals surface area contributed by atoms with Crippen molar-refractivity contribution in [2.75, 3.05) is 0 Å². The van der Waals surface area contributed by atoms with Crippen LogP contribution in [0.3, 0.4) is 0 Å². The number of unbranched alkanes of at least 4 members (excludes halogenated alkanes) is 7. The Balaban J connectivity index is 2.07. The van der Waals surface area contributed by atoms with Gasteiger partial charge in [0.15, 0.2) is 11.9 Å². The smallest absolute Gasteiger partial charge is 0.181 e. The highest BCUT2D eigenvalue weighted by Gasteiger charge is 2.05. The normalized spacial score (nSPS) is 10.8. The van der Waals surface area contributed by atoms with Gasteiger partial charge in [-0.3, -0.25) is 0 Å². The Kier molecular flexibility index (Phi) is 8.54. The Hall–Kier alpha value is -0.850. The Morgan fingerprint density at radius 3 is 2.17 bits per heavy atom. The predicted molar refractivity (Wildman–Crippen MR) is 78.6 cm³/mol. The van der Waals surface area contributed by atoms with Crippen molar-refractivity contribution in [3.63, 3.8) is 0 Å². The molecule has 0 N–H and O–H groups in total. The molecule has 1 nitrogen and oxygen atoms in total. The molecule has 0 radical (unpaired) electrons. The first-order valence-electron chi connectivity index (χ1n) is 7.85. The fourth-order valence-corrected chi connectivity index (χ4v) is 2.47. The Bertz CT molecular complexity index is 306. The van der Waals surface area contributed by atoms with Crippen LogP contribution in [0.1, 0.15) is 70.9 Å². The molecule has 0 atom stereocenters. The van der Waals surface area contributed by atoms with Crippen LogP contribution < -0.4 is 4.57 Å². The van der Waals surface area contributed by atoms with E-state index in [4.69, 9.17) is 0 Å². The zero-order valence-corrected chi connectivity index (χ0v) is 12.3. The van der Waals surface area contributed by atoms with Gasteiger partial charge >= 0.3 is 0 Å². The largest absolute Gasteiger partial charge is 0.202 e. The Labute approximate surface area is 113 Å². The number of hydrogen-bond acceptors (Lipinski definition) is 0. The van der Waals surface area contributed by atoms with Crippen LogP contribution >= 0.6 is 0 Å². The van der Waals surface area contributed by atoms with Crippen LogP contribution in [0.25, 0.3) is 0 Å². The number of hydrogen-bond donors (Lipinski definition) is 0. The molecule has 0 aliphatic carbocycles. The number of rotatable bonds is 10. The van der Waals surface area contributed by atoms with E-state index in [0.717, 1.165) is 6.42 Å². The molecular weight excluding hydrogens is 218 g/mol. The van der Waals surface area contributed by atoms with Gasteiger partial charge in [0.2, 0.25) is 0 Å². The van der Waals surface area contributed by atoms with Crippen molar-refractivity contribution in [3.8, 4) is 0 Å². The van der Waals surface area contributed by atoms with Crippen LogP contribution in [0.5, 0.6) is 0 Å². The first-order valence-corrected chi connectivity index (χ1v) is 7.85. The van der Waals surface area contributed by atoms with Gasteiger partial charge in [0.05, 0.1) is 0 Å². The van der Waals surface area contributed by atoms with Crippen molar-refractivity contribution < 1.29 is 4.57 Å². The fourth-order valence-electron chi connectivity index (χ4n) is 2.47. The summed E-state index contributed by atoms with van der Waals surface area (Å²) < 4.78 is 2.41. The van der Waals surface area contributed by atoms with Crippen molar-refractivity contribution in [2.24, 2.45) is 0 Å². The van der Waals surface area contributed by atoms with Crippen molar-refractivity contribution in [1.82, 2.24) is 0 Å². The third-order valence-electron chi connectivity index (χ3n) is 3.65. The molecule has 0 aliphatic rings. The molecule has 0 amide bonds. The first-order chi connectivity index (χ1) is 8.88. The molecule has 0 spiro atoms. The molecule has 0 bridgehead atoms. The third kappa shape index (κ3) is 6.18. The van der Waals surface area contributed by atoms with Crippen LogP contribution in [0.4, 0.5) is 0 Å². The Morgan fingerprint density at radius 2 is 1.50 bits per heavy atom. The van der Waals surface area contributed by atoms with Gasteiger partial charge in [-0.05, 0) is 6.42 Å². The van der Waals surface area contributed by atoms with Gasteiger partial charge in [-0.2, -0.15) is 0 Å². The SMILES string of the molecule is CCCCCCCCCC[n+]1ccccc1CC. The topological polar surface area (TPSA) is 3.88 Å². The second-order valence-corrected chi connectivity index (χ2v) is 5.21. The van der Waals surface area contributed by atoms with Crippen molar-refractivity contribution in [1.29, 1.82) is 0 Å². The van der Waals surface area contributed by atoms with Gasteiger partial charge in [-0.25, -0.2) is 4.57 Å². The van der Waals surface area contributed by atoms with E-state index < -0.39 is 0 Å². The van der Waals surface area contributed by atoms with E-state index >= 15 is 0 Å². The highest BCUT2D eigenvalue weighted by molar-refractivity contribution is 4.96. The van der Waals surface area contributed by atoms with Crippen molar-refractivity contribution in [3.05, 3.63) is 30.1 Å². The summed E-state index contributed by atoms with van der Waals surface area (Å²) >= 11 is 0. The third-order valence-corrected chi connectivity index (χ3v) is 3.65. The van der Waals surface area contributed by atoms with E-state index in [9.17, 15) is 0 Å². The lowest BCUT2D eigenvalue weighted by atomic mass is 10.1. The minimum atomic E-state index is 1.14. The number of pyridine rings is 1. The standard InChI is InChI=1S/C17H30N/c1-3-5-6-7-8-9-10-12-15-18-16-13-11-14-17(18)4-2/h11,13-14,16H,3-10,12,15H2,1-2H3/q+1. The van der Waals surface area contributed by atoms with Crippen LogP contribution in [-0.2, 0) is 13.0 Å². The molecule has 1 rings (SSSR count). The molecule has 0 aliphatic heterocycles. The predicted octanol–water partition coefficient (Wildman–Crippen LogP) is 4.68. The first kappa shape index (κ1) is 15.2. The van der Waals surface area contributed by atoms with Crippen LogP contribution in [0, 0.1) is 0 Å². The summed E-state index contributed by atoms with van der Waals surface area (Å²) in [5.41, 5.74) is 1.46. The lowest BCUT2D eigenvalue weighted by Gasteiger charge is -2.02. The van der Waals surface area contributed by atoms with Gasteiger partial charge < -0.3 is 0 Å². The number of aryl methyl sites for hydroxylation is 2. The molecule has 0 aromatic carbocycles. The molecule has 1 heteroatoms. The van der Waals surface area contributed by atoms with Crippen molar-refractivity contribution in [2.45, 2.75) is 78.2 Å². The van der Waals surface area contributed by atoms with Gasteiger partial charge in [0.25, 0.3) is 0 Å². The number of aromatic nitrogens is 1. The quantitative estimate of drug-likeness (QED) is 0.418. The summed E-state index contributed by atoms with van der Waals surface area (Å²) in [7, 11) is 0. The summed E-state index contributed by atoms with van der Waals surface area (Å²) in [6, 6.07) is 6.53. The van der Waals surface area contributed by atoms with Gasteiger partial charge in [0, 0.05) is 25.0 Å². The zero-order chi connectivity index (χ0) is 13.1. The summed E-state index contributed by atoms with van der Waals surface area (Å²) in [6.07, 6.45) is 14.6. The number of nitrogens with zero attached hydrogens (tertiary/aromatic N) is 1. The second kappa shape index (κ2) is 10.1. The molecular formula is C17H30N+. The van der Waals surface area contributed by atoms with E-state index in [1.54, 1.807) is 0 Å². The molecule has 1 aromatic heterocycles. The summed E-state index contributed by atoms with van der Waals surface area (Å²) in [4.78, 5) is 0. The average molecular weight is 248 g/mol. The monoisotopic (exact) mass is 248 g/mol. The summed E-state index contributed by atoms with van der Waals surface area (Å²) in [5.74, 6) is 0. The maximum Gasteiger partial charge on any atom is 0.181 e.